The van der Waals surface area contributed by atoms with Gasteiger partial charge in [-0.3, -0.25) is 0 Å². The fourth-order valence-electron chi connectivity index (χ4n) is 3.45. The van der Waals surface area contributed by atoms with E-state index in [-0.39, 0.29) is 12.6 Å². The van der Waals surface area contributed by atoms with Gasteiger partial charge in [0.25, 0.3) is 6.02 Å². The second-order valence-corrected chi connectivity index (χ2v) is 6.11. The van der Waals surface area contributed by atoms with Crippen molar-refractivity contribution < 1.29 is 13.9 Å². The van der Waals surface area contributed by atoms with Crippen LogP contribution in [0.3, 0.4) is 0 Å². The maximum atomic E-state index is 14.2. The van der Waals surface area contributed by atoms with Crippen LogP contribution in [0.15, 0.2) is 59.9 Å². The summed E-state index contributed by atoms with van der Waals surface area (Å²) in [6.45, 7) is 0.229. The van der Waals surface area contributed by atoms with Crippen LogP contribution in [0.5, 0.6) is 11.6 Å². The third-order valence-corrected chi connectivity index (χ3v) is 4.65. The first-order valence-electron chi connectivity index (χ1n) is 8.04. The number of rotatable bonds is 1. The van der Waals surface area contributed by atoms with Crippen LogP contribution < -0.4 is 10.5 Å². The van der Waals surface area contributed by atoms with E-state index in [0.717, 1.165) is 11.1 Å². The quantitative estimate of drug-likeness (QED) is 0.684. The summed E-state index contributed by atoms with van der Waals surface area (Å²) in [6, 6.07) is 12.6. The minimum absolute atomic E-state index is 0.102. The van der Waals surface area contributed by atoms with Gasteiger partial charge in [-0.05, 0) is 42.0 Å². The smallest absolute Gasteiger partial charge is 0.283 e. The van der Waals surface area contributed by atoms with E-state index >= 15 is 0 Å². The third kappa shape index (κ3) is 2.00. The second-order valence-electron chi connectivity index (χ2n) is 6.11. The molecule has 0 saturated heterocycles. The summed E-state index contributed by atoms with van der Waals surface area (Å²) >= 11 is 0. The molecule has 0 amide bonds. The molecule has 1 aromatic carbocycles. The van der Waals surface area contributed by atoms with Crippen molar-refractivity contribution in [1.29, 1.82) is 0 Å². The van der Waals surface area contributed by atoms with Gasteiger partial charge in [-0.15, -0.1) is 0 Å². The fourth-order valence-corrected chi connectivity index (χ4v) is 3.45. The Morgan fingerprint density at radius 1 is 1.04 bits per heavy atom. The van der Waals surface area contributed by atoms with Gasteiger partial charge in [0, 0.05) is 23.5 Å². The average Bonchev–Trinajstić information content (AvgIpc) is 3.05. The Bertz CT molecular complexity index is 1070. The van der Waals surface area contributed by atoms with Crippen LogP contribution in [-0.2, 0) is 10.3 Å². The van der Waals surface area contributed by atoms with Crippen molar-refractivity contribution in [2.45, 2.75) is 5.54 Å². The molecule has 1 spiro atoms. The van der Waals surface area contributed by atoms with Crippen LogP contribution in [0.1, 0.15) is 11.1 Å². The lowest BCUT2D eigenvalue weighted by Gasteiger charge is -2.32. The van der Waals surface area contributed by atoms with Crippen molar-refractivity contribution in [2.75, 3.05) is 6.61 Å². The van der Waals surface area contributed by atoms with Gasteiger partial charge in [-0.1, -0.05) is 6.07 Å². The third-order valence-electron chi connectivity index (χ3n) is 4.65. The molecule has 2 aliphatic heterocycles. The zero-order valence-corrected chi connectivity index (χ0v) is 13.5. The van der Waals surface area contributed by atoms with Gasteiger partial charge >= 0.3 is 0 Å². The first-order chi connectivity index (χ1) is 12.7. The van der Waals surface area contributed by atoms with Gasteiger partial charge in [-0.2, -0.15) is 4.39 Å². The molecule has 2 aromatic heterocycles. The lowest BCUT2D eigenvalue weighted by Crippen LogP contribution is -2.31. The van der Waals surface area contributed by atoms with Crippen LogP contribution in [0.4, 0.5) is 4.39 Å². The van der Waals surface area contributed by atoms with Crippen molar-refractivity contribution in [3.05, 3.63) is 71.9 Å². The fraction of sp³-hybridized carbons (Fsp3) is 0.105. The van der Waals surface area contributed by atoms with Crippen molar-refractivity contribution in [3.63, 3.8) is 0 Å². The summed E-state index contributed by atoms with van der Waals surface area (Å²) < 4.78 is 25.6. The molecule has 0 bridgehead atoms. The van der Waals surface area contributed by atoms with Gasteiger partial charge in [0.05, 0.1) is 5.56 Å². The van der Waals surface area contributed by atoms with Crippen molar-refractivity contribution >= 4 is 6.02 Å². The number of nitrogens with two attached hydrogens (primary N) is 1. The number of aromatic nitrogens is 2. The van der Waals surface area contributed by atoms with Crippen LogP contribution in [0.2, 0.25) is 0 Å². The molecule has 6 nitrogen and oxygen atoms in total. The Kier molecular flexibility index (Phi) is 3.00. The van der Waals surface area contributed by atoms with Gasteiger partial charge in [-0.25, -0.2) is 15.0 Å². The molecule has 0 saturated carbocycles. The first kappa shape index (κ1) is 14.8. The van der Waals surface area contributed by atoms with E-state index in [1.807, 2.05) is 18.2 Å². The van der Waals surface area contributed by atoms with Crippen LogP contribution >= 0.6 is 0 Å². The minimum atomic E-state index is -0.865. The first-order valence-corrected chi connectivity index (χ1v) is 8.04. The van der Waals surface area contributed by atoms with E-state index in [1.165, 1.54) is 6.20 Å². The molecule has 26 heavy (non-hydrogen) atoms. The Balaban J connectivity index is 1.76. The number of fused-ring (bicyclic) bond motifs is 4. The molecule has 1 unspecified atom stereocenters. The molecule has 5 rings (SSSR count). The number of benzene rings is 1. The normalized spacial score (nSPS) is 20.0. The number of ether oxygens (including phenoxy) is 2. The highest BCUT2D eigenvalue weighted by Crippen LogP contribution is 2.50. The molecule has 4 heterocycles. The standard InChI is InChI=1S/C19H13FN4O2/c20-16-12(3-1-7-22-16)11-5-6-15-14(9-11)19(10-25-18(21)24-19)13-4-2-8-23-17(13)26-15/h1-9H,10H2,(H2,21,24). The second kappa shape index (κ2) is 5.26. The Labute approximate surface area is 148 Å². The van der Waals surface area contributed by atoms with Gasteiger partial charge in [0.15, 0.2) is 5.54 Å². The van der Waals surface area contributed by atoms with E-state index in [0.29, 0.717) is 22.8 Å². The monoisotopic (exact) mass is 348 g/mol. The molecule has 7 heteroatoms. The number of pyridine rings is 2. The number of amidine groups is 1. The van der Waals surface area contributed by atoms with E-state index in [1.54, 1.807) is 30.5 Å². The summed E-state index contributed by atoms with van der Waals surface area (Å²) in [4.78, 5) is 12.6. The van der Waals surface area contributed by atoms with Gasteiger partial charge < -0.3 is 15.2 Å². The zero-order valence-electron chi connectivity index (χ0n) is 13.5. The molecular weight excluding hydrogens is 335 g/mol. The molecule has 3 aromatic rings. The van der Waals surface area contributed by atoms with Crippen LogP contribution in [0, 0.1) is 5.95 Å². The summed E-state index contributed by atoms with van der Waals surface area (Å²) in [7, 11) is 0. The molecule has 0 radical (unpaired) electrons. The van der Waals surface area contributed by atoms with E-state index in [4.69, 9.17) is 15.2 Å². The van der Waals surface area contributed by atoms with Crippen LogP contribution in [-0.4, -0.2) is 22.6 Å². The lowest BCUT2D eigenvalue weighted by atomic mass is 9.81. The van der Waals surface area contributed by atoms with Gasteiger partial charge in [0.1, 0.15) is 12.4 Å². The maximum Gasteiger partial charge on any atom is 0.283 e. The van der Waals surface area contributed by atoms with E-state index in [9.17, 15) is 4.39 Å². The number of halogens is 1. The highest BCUT2D eigenvalue weighted by atomic mass is 19.1. The predicted molar refractivity (Wildman–Crippen MR) is 92.3 cm³/mol. The molecule has 1 atom stereocenters. The summed E-state index contributed by atoms with van der Waals surface area (Å²) in [5.74, 6) is 0.514. The lowest BCUT2D eigenvalue weighted by molar-refractivity contribution is 0.262. The topological polar surface area (TPSA) is 82.6 Å². The molecular formula is C19H13FN4O2. The van der Waals surface area contributed by atoms with Crippen molar-refractivity contribution in [2.24, 2.45) is 10.7 Å². The minimum Gasteiger partial charge on any atom is -0.462 e. The van der Waals surface area contributed by atoms with E-state index < -0.39 is 11.5 Å². The van der Waals surface area contributed by atoms with E-state index in [2.05, 4.69) is 15.0 Å². The number of hydrogen-bond donors (Lipinski definition) is 1. The predicted octanol–water partition coefficient (Wildman–Crippen LogP) is 2.98. The summed E-state index contributed by atoms with van der Waals surface area (Å²) in [5, 5.41) is 0. The highest BCUT2D eigenvalue weighted by Gasteiger charge is 2.47. The number of hydrogen-bond acceptors (Lipinski definition) is 6. The molecule has 0 aliphatic carbocycles. The zero-order chi connectivity index (χ0) is 17.7. The number of nitrogens with zero attached hydrogens (tertiary/aromatic N) is 3. The summed E-state index contributed by atoms with van der Waals surface area (Å²) in [5.41, 5.74) is 7.54. The van der Waals surface area contributed by atoms with Gasteiger partial charge in [0.2, 0.25) is 11.8 Å². The van der Waals surface area contributed by atoms with Crippen molar-refractivity contribution in [1.82, 2.24) is 9.97 Å². The average molecular weight is 348 g/mol. The molecule has 2 N–H and O–H groups in total. The molecule has 2 aliphatic rings. The maximum absolute atomic E-state index is 14.2. The molecule has 0 fully saturated rings. The molecule has 128 valence electrons. The highest BCUT2D eigenvalue weighted by molar-refractivity contribution is 5.77. The van der Waals surface area contributed by atoms with Crippen LogP contribution in [0.25, 0.3) is 11.1 Å². The number of aliphatic imine (C=N–C) groups is 1. The Morgan fingerprint density at radius 2 is 1.88 bits per heavy atom. The largest absolute Gasteiger partial charge is 0.462 e. The Morgan fingerprint density at radius 3 is 2.69 bits per heavy atom. The SMILES string of the molecule is NC1=NC2(CO1)c1cc(-c3cccnc3F)ccc1Oc1ncccc12. The Hall–Kier alpha value is -3.48. The summed E-state index contributed by atoms with van der Waals surface area (Å²) in [6.07, 6.45) is 3.07. The van der Waals surface area contributed by atoms with Crippen molar-refractivity contribution in [3.8, 4) is 22.8 Å².